The van der Waals surface area contributed by atoms with Crippen molar-refractivity contribution in [1.82, 2.24) is 19.2 Å². The summed E-state index contributed by atoms with van der Waals surface area (Å²) in [6, 6.07) is 0. The third-order valence-electron chi connectivity index (χ3n) is 4.08. The van der Waals surface area contributed by atoms with Gasteiger partial charge in [0.05, 0.1) is 13.3 Å². The maximum absolute atomic E-state index is 9.45. The summed E-state index contributed by atoms with van der Waals surface area (Å²) in [7, 11) is 0. The molecule has 0 amide bonds. The standard InChI is InChI=1S/C15H28N4O2S/c1-3-7-18-14(10-20)16-19(15(18)22)12-17-8-5-6-13(9-17)11-21-4-2/h13,20H,3-12H2,1-2H3. The molecule has 0 spiro atoms. The van der Waals surface area contributed by atoms with Gasteiger partial charge in [0.25, 0.3) is 0 Å². The highest BCUT2D eigenvalue weighted by Gasteiger charge is 2.21. The first-order valence-electron chi connectivity index (χ1n) is 8.27. The lowest BCUT2D eigenvalue weighted by Gasteiger charge is -2.32. The third-order valence-corrected chi connectivity index (χ3v) is 4.51. The van der Waals surface area contributed by atoms with Gasteiger partial charge in [-0.25, -0.2) is 4.68 Å². The molecule has 7 heteroatoms. The molecule has 2 rings (SSSR count). The fourth-order valence-electron chi connectivity index (χ4n) is 3.03. The van der Waals surface area contributed by atoms with Crippen molar-refractivity contribution in [3.05, 3.63) is 10.6 Å². The molecule has 2 heterocycles. The van der Waals surface area contributed by atoms with Crippen LogP contribution >= 0.6 is 12.2 Å². The molecule has 0 bridgehead atoms. The number of hydrogen-bond donors (Lipinski definition) is 1. The van der Waals surface area contributed by atoms with E-state index in [-0.39, 0.29) is 6.61 Å². The van der Waals surface area contributed by atoms with Gasteiger partial charge in [0, 0.05) is 19.7 Å². The van der Waals surface area contributed by atoms with Crippen molar-refractivity contribution in [3.63, 3.8) is 0 Å². The molecule has 1 aliphatic heterocycles. The van der Waals surface area contributed by atoms with Crippen LogP contribution in [-0.4, -0.2) is 50.7 Å². The highest BCUT2D eigenvalue weighted by Crippen LogP contribution is 2.17. The molecule has 1 aromatic heterocycles. The highest BCUT2D eigenvalue weighted by atomic mass is 32.1. The van der Waals surface area contributed by atoms with Crippen molar-refractivity contribution >= 4 is 12.2 Å². The molecule has 0 radical (unpaired) electrons. The summed E-state index contributed by atoms with van der Waals surface area (Å²) in [5.74, 6) is 1.26. The number of aliphatic hydroxyl groups is 1. The van der Waals surface area contributed by atoms with Crippen molar-refractivity contribution in [3.8, 4) is 0 Å². The van der Waals surface area contributed by atoms with Crippen LogP contribution in [0.1, 0.15) is 38.9 Å². The number of aromatic nitrogens is 3. The van der Waals surface area contributed by atoms with Crippen molar-refractivity contribution in [2.75, 3.05) is 26.3 Å². The number of hydrogen-bond acceptors (Lipinski definition) is 5. The van der Waals surface area contributed by atoms with E-state index in [4.69, 9.17) is 17.0 Å². The van der Waals surface area contributed by atoms with Crippen LogP contribution in [0.3, 0.4) is 0 Å². The van der Waals surface area contributed by atoms with Gasteiger partial charge < -0.3 is 14.4 Å². The van der Waals surface area contributed by atoms with Crippen LogP contribution in [0.5, 0.6) is 0 Å². The molecule has 22 heavy (non-hydrogen) atoms. The van der Waals surface area contributed by atoms with Crippen LogP contribution in [0.15, 0.2) is 0 Å². The molecule has 0 aliphatic carbocycles. The van der Waals surface area contributed by atoms with Crippen LogP contribution in [0.25, 0.3) is 0 Å². The number of piperidine rings is 1. The Morgan fingerprint density at radius 3 is 2.91 bits per heavy atom. The maximum atomic E-state index is 9.45. The van der Waals surface area contributed by atoms with Crippen molar-refractivity contribution in [1.29, 1.82) is 0 Å². The summed E-state index contributed by atoms with van der Waals surface area (Å²) in [5.41, 5.74) is 0. The Morgan fingerprint density at radius 1 is 1.41 bits per heavy atom. The zero-order valence-electron chi connectivity index (χ0n) is 13.7. The van der Waals surface area contributed by atoms with Crippen molar-refractivity contribution in [2.24, 2.45) is 5.92 Å². The van der Waals surface area contributed by atoms with Gasteiger partial charge in [0.15, 0.2) is 10.6 Å². The van der Waals surface area contributed by atoms with E-state index in [9.17, 15) is 5.11 Å². The molecule has 1 unspecified atom stereocenters. The number of rotatable bonds is 8. The molecule has 1 aromatic rings. The van der Waals surface area contributed by atoms with Gasteiger partial charge in [-0.15, -0.1) is 0 Å². The van der Waals surface area contributed by atoms with Crippen LogP contribution in [0.4, 0.5) is 0 Å². The Kier molecular flexibility index (Phi) is 7.01. The minimum atomic E-state index is -0.0659. The van der Waals surface area contributed by atoms with Gasteiger partial charge in [0.2, 0.25) is 0 Å². The Labute approximate surface area is 137 Å². The predicted molar refractivity (Wildman–Crippen MR) is 88.1 cm³/mol. The van der Waals surface area contributed by atoms with Crippen LogP contribution < -0.4 is 0 Å². The maximum Gasteiger partial charge on any atom is 0.199 e. The van der Waals surface area contributed by atoms with Crippen LogP contribution in [0.2, 0.25) is 0 Å². The number of ether oxygens (including phenoxy) is 1. The molecule has 1 aliphatic rings. The van der Waals surface area contributed by atoms with Gasteiger partial charge in [-0.3, -0.25) is 4.90 Å². The highest BCUT2D eigenvalue weighted by molar-refractivity contribution is 7.71. The minimum Gasteiger partial charge on any atom is -0.388 e. The van der Waals surface area contributed by atoms with E-state index < -0.39 is 0 Å². The van der Waals surface area contributed by atoms with Crippen LogP contribution in [-0.2, 0) is 24.6 Å². The number of nitrogens with zero attached hydrogens (tertiary/aromatic N) is 4. The van der Waals surface area contributed by atoms with E-state index in [0.717, 1.165) is 39.3 Å². The quantitative estimate of drug-likeness (QED) is 0.740. The second-order valence-corrected chi connectivity index (χ2v) is 6.26. The fraction of sp³-hybridized carbons (Fsp3) is 0.867. The monoisotopic (exact) mass is 328 g/mol. The lowest BCUT2D eigenvalue weighted by atomic mass is 9.99. The Hall–Kier alpha value is -0.760. The SMILES string of the molecule is CCCn1c(CO)nn(CN2CCCC(COCC)C2)c1=S. The van der Waals surface area contributed by atoms with E-state index in [1.54, 1.807) is 0 Å². The lowest BCUT2D eigenvalue weighted by Crippen LogP contribution is -2.38. The number of likely N-dealkylation sites (tertiary alicyclic amines) is 1. The molecule has 0 aromatic carbocycles. The Balaban J connectivity index is 2.02. The molecule has 126 valence electrons. The first kappa shape index (κ1) is 17.6. The molecule has 1 atom stereocenters. The summed E-state index contributed by atoms with van der Waals surface area (Å²) in [6.07, 6.45) is 3.40. The largest absolute Gasteiger partial charge is 0.388 e. The first-order chi connectivity index (χ1) is 10.7. The second-order valence-electron chi connectivity index (χ2n) is 5.89. The Morgan fingerprint density at radius 2 is 2.23 bits per heavy atom. The minimum absolute atomic E-state index is 0.0659. The topological polar surface area (TPSA) is 55.5 Å². The van der Waals surface area contributed by atoms with E-state index in [1.807, 2.05) is 16.2 Å². The van der Waals surface area contributed by atoms with Crippen molar-refractivity contribution in [2.45, 2.75) is 52.9 Å². The molecular weight excluding hydrogens is 300 g/mol. The van der Waals surface area contributed by atoms with Gasteiger partial charge in [-0.05, 0) is 50.9 Å². The zero-order valence-corrected chi connectivity index (χ0v) is 14.5. The van der Waals surface area contributed by atoms with Crippen molar-refractivity contribution < 1.29 is 9.84 Å². The van der Waals surface area contributed by atoms with E-state index in [1.165, 1.54) is 12.8 Å². The summed E-state index contributed by atoms with van der Waals surface area (Å²) >= 11 is 5.51. The smallest absolute Gasteiger partial charge is 0.199 e. The average Bonchev–Trinajstić information content (AvgIpc) is 2.82. The summed E-state index contributed by atoms with van der Waals surface area (Å²) in [4.78, 5) is 2.38. The molecule has 6 nitrogen and oxygen atoms in total. The van der Waals surface area contributed by atoms with Crippen LogP contribution in [0, 0.1) is 10.7 Å². The Bertz CT molecular complexity index is 514. The van der Waals surface area contributed by atoms with Gasteiger partial charge in [-0.1, -0.05) is 6.92 Å². The summed E-state index contributed by atoms with van der Waals surface area (Å²) < 4.78 is 10.1. The molecule has 1 saturated heterocycles. The molecular formula is C15H28N4O2S. The predicted octanol–water partition coefficient (Wildman–Crippen LogP) is 2.02. The first-order valence-corrected chi connectivity index (χ1v) is 8.67. The summed E-state index contributed by atoms with van der Waals surface area (Å²) in [5, 5.41) is 13.9. The van der Waals surface area contributed by atoms with Gasteiger partial charge >= 0.3 is 0 Å². The number of aliphatic hydroxyl groups excluding tert-OH is 1. The lowest BCUT2D eigenvalue weighted by molar-refractivity contribution is 0.0542. The normalized spacial score (nSPS) is 19.7. The molecule has 0 saturated carbocycles. The molecule has 1 N–H and O–H groups in total. The zero-order chi connectivity index (χ0) is 15.9. The van der Waals surface area contributed by atoms with Gasteiger partial charge in [-0.2, -0.15) is 5.10 Å². The fourth-order valence-corrected chi connectivity index (χ4v) is 3.33. The second kappa shape index (κ2) is 8.76. The average molecular weight is 328 g/mol. The van der Waals surface area contributed by atoms with E-state index in [0.29, 0.717) is 23.2 Å². The third kappa shape index (κ3) is 4.38. The van der Waals surface area contributed by atoms with E-state index in [2.05, 4.69) is 16.9 Å². The van der Waals surface area contributed by atoms with E-state index >= 15 is 0 Å². The molecule has 1 fully saturated rings. The summed E-state index contributed by atoms with van der Waals surface area (Å²) in [6.45, 7) is 9.29. The van der Waals surface area contributed by atoms with Gasteiger partial charge in [0.1, 0.15) is 6.61 Å².